The fourth-order valence-electron chi connectivity index (χ4n) is 2.29. The van der Waals surface area contributed by atoms with E-state index in [1.54, 1.807) is 6.07 Å². The molecule has 0 fully saturated rings. The maximum Gasteiger partial charge on any atom is 0.342 e. The van der Waals surface area contributed by atoms with Crippen molar-refractivity contribution in [2.75, 3.05) is 19.0 Å². The minimum atomic E-state index is -0.903. The lowest BCUT2D eigenvalue weighted by atomic mass is 10.1. The number of imide groups is 1. The molecule has 0 saturated heterocycles. The second-order valence-electron chi connectivity index (χ2n) is 5.78. The largest absolute Gasteiger partial charge is 0.507 e. The van der Waals surface area contributed by atoms with Gasteiger partial charge in [0.1, 0.15) is 17.1 Å². The lowest BCUT2D eigenvalue weighted by Gasteiger charge is -2.10. The van der Waals surface area contributed by atoms with Gasteiger partial charge in [-0.15, -0.1) is 0 Å². The molecule has 0 unspecified atom stereocenters. The standard InChI is InChI=1S/C19H20N2O6/c1-11-4-7-15(12(2)8-11)20-19(25)21-17(23)10-27-18(24)14-6-5-13(26-3)9-16(14)22/h4-9,22H,10H2,1-3H3,(H2,20,21,23,25). The van der Waals surface area contributed by atoms with Crippen LogP contribution >= 0.6 is 0 Å². The zero-order chi connectivity index (χ0) is 20.0. The first-order chi connectivity index (χ1) is 12.8. The molecule has 8 heteroatoms. The van der Waals surface area contributed by atoms with Gasteiger partial charge < -0.3 is 19.9 Å². The summed E-state index contributed by atoms with van der Waals surface area (Å²) in [6.07, 6.45) is 0. The molecule has 0 radical (unpaired) electrons. The van der Waals surface area contributed by atoms with Crippen LogP contribution in [0.3, 0.4) is 0 Å². The van der Waals surface area contributed by atoms with Crippen molar-refractivity contribution in [3.8, 4) is 11.5 Å². The molecule has 2 aromatic rings. The van der Waals surface area contributed by atoms with Crippen LogP contribution in [0.2, 0.25) is 0 Å². The smallest absolute Gasteiger partial charge is 0.342 e. The number of amides is 3. The van der Waals surface area contributed by atoms with E-state index in [9.17, 15) is 19.5 Å². The Morgan fingerprint density at radius 2 is 1.81 bits per heavy atom. The van der Waals surface area contributed by atoms with E-state index in [0.717, 1.165) is 11.1 Å². The number of carbonyl (C=O) groups excluding carboxylic acids is 3. The molecule has 0 saturated carbocycles. The van der Waals surface area contributed by atoms with E-state index in [-0.39, 0.29) is 11.3 Å². The average Bonchev–Trinajstić information content (AvgIpc) is 2.61. The third-order valence-electron chi connectivity index (χ3n) is 3.64. The zero-order valence-electron chi connectivity index (χ0n) is 15.2. The first kappa shape index (κ1) is 19.8. The van der Waals surface area contributed by atoms with Crippen molar-refractivity contribution in [2.24, 2.45) is 0 Å². The minimum absolute atomic E-state index is 0.122. The highest BCUT2D eigenvalue weighted by atomic mass is 16.5. The molecule has 2 rings (SSSR count). The van der Waals surface area contributed by atoms with E-state index in [0.29, 0.717) is 11.4 Å². The second kappa shape index (κ2) is 8.70. The number of urea groups is 1. The minimum Gasteiger partial charge on any atom is -0.507 e. The van der Waals surface area contributed by atoms with Crippen LogP contribution in [0.4, 0.5) is 10.5 Å². The summed E-state index contributed by atoms with van der Waals surface area (Å²) in [6, 6.07) is 8.72. The van der Waals surface area contributed by atoms with Crippen LogP contribution in [0, 0.1) is 13.8 Å². The number of aromatic hydroxyl groups is 1. The third-order valence-corrected chi connectivity index (χ3v) is 3.64. The van der Waals surface area contributed by atoms with Crippen LogP contribution in [0.25, 0.3) is 0 Å². The normalized spacial score (nSPS) is 10.0. The van der Waals surface area contributed by atoms with Crippen LogP contribution < -0.4 is 15.4 Å². The zero-order valence-corrected chi connectivity index (χ0v) is 15.2. The van der Waals surface area contributed by atoms with Crippen molar-refractivity contribution < 1.29 is 29.0 Å². The van der Waals surface area contributed by atoms with Crippen molar-refractivity contribution in [1.29, 1.82) is 0 Å². The fraction of sp³-hybridized carbons (Fsp3) is 0.211. The molecule has 3 amide bonds. The van der Waals surface area contributed by atoms with Gasteiger partial charge in [0, 0.05) is 11.8 Å². The highest BCUT2D eigenvalue weighted by Gasteiger charge is 2.16. The lowest BCUT2D eigenvalue weighted by Crippen LogP contribution is -2.37. The van der Waals surface area contributed by atoms with E-state index >= 15 is 0 Å². The molecule has 0 aliphatic rings. The monoisotopic (exact) mass is 372 g/mol. The molecule has 3 N–H and O–H groups in total. The van der Waals surface area contributed by atoms with Crippen LogP contribution in [-0.4, -0.2) is 36.7 Å². The number of benzene rings is 2. The summed E-state index contributed by atoms with van der Waals surface area (Å²) in [4.78, 5) is 35.6. The summed E-state index contributed by atoms with van der Waals surface area (Å²) in [6.45, 7) is 3.08. The average molecular weight is 372 g/mol. The van der Waals surface area contributed by atoms with Crippen molar-refractivity contribution in [3.63, 3.8) is 0 Å². The predicted octanol–water partition coefficient (Wildman–Crippen LogP) is 2.52. The quantitative estimate of drug-likeness (QED) is 0.695. The molecule has 0 bridgehead atoms. The summed E-state index contributed by atoms with van der Waals surface area (Å²) in [5.41, 5.74) is 2.33. The van der Waals surface area contributed by atoms with Gasteiger partial charge in [0.15, 0.2) is 6.61 Å². The first-order valence-electron chi connectivity index (χ1n) is 8.02. The van der Waals surface area contributed by atoms with Gasteiger partial charge in [0.25, 0.3) is 5.91 Å². The Hall–Kier alpha value is -3.55. The van der Waals surface area contributed by atoms with Crippen molar-refractivity contribution in [3.05, 3.63) is 53.1 Å². The molecular formula is C19H20N2O6. The number of hydrogen-bond donors (Lipinski definition) is 3. The molecule has 2 aromatic carbocycles. The number of phenolic OH excluding ortho intramolecular Hbond substituents is 1. The Morgan fingerprint density at radius 1 is 1.07 bits per heavy atom. The number of methoxy groups -OCH3 is 1. The number of phenols is 1. The molecule has 8 nitrogen and oxygen atoms in total. The molecule has 27 heavy (non-hydrogen) atoms. The van der Waals surface area contributed by atoms with Crippen molar-refractivity contribution in [2.45, 2.75) is 13.8 Å². The van der Waals surface area contributed by atoms with E-state index in [1.165, 1.54) is 25.3 Å². The van der Waals surface area contributed by atoms with Crippen LogP contribution in [-0.2, 0) is 9.53 Å². The SMILES string of the molecule is COc1ccc(C(=O)OCC(=O)NC(=O)Nc2ccc(C)cc2C)c(O)c1. The molecule has 0 atom stereocenters. The van der Waals surface area contributed by atoms with Gasteiger partial charge >= 0.3 is 12.0 Å². The maximum absolute atomic E-state index is 11.9. The lowest BCUT2D eigenvalue weighted by molar-refractivity contribution is -0.123. The van der Waals surface area contributed by atoms with Gasteiger partial charge in [-0.3, -0.25) is 10.1 Å². The van der Waals surface area contributed by atoms with Crippen molar-refractivity contribution >= 4 is 23.6 Å². The Labute approximate surface area is 156 Å². The number of aryl methyl sites for hydroxylation is 2. The van der Waals surface area contributed by atoms with Crippen LogP contribution in [0.1, 0.15) is 21.5 Å². The van der Waals surface area contributed by atoms with E-state index < -0.39 is 24.5 Å². The highest BCUT2D eigenvalue weighted by Crippen LogP contribution is 2.23. The van der Waals surface area contributed by atoms with Crippen LogP contribution in [0.15, 0.2) is 36.4 Å². The Morgan fingerprint density at radius 3 is 2.44 bits per heavy atom. The van der Waals surface area contributed by atoms with E-state index in [2.05, 4.69) is 10.6 Å². The Kier molecular flexibility index (Phi) is 6.37. The number of carbonyl (C=O) groups is 3. The van der Waals surface area contributed by atoms with Gasteiger partial charge in [-0.2, -0.15) is 0 Å². The van der Waals surface area contributed by atoms with Crippen molar-refractivity contribution in [1.82, 2.24) is 5.32 Å². The summed E-state index contributed by atoms with van der Waals surface area (Å²) in [5, 5.41) is 14.4. The number of anilines is 1. The second-order valence-corrected chi connectivity index (χ2v) is 5.78. The summed E-state index contributed by atoms with van der Waals surface area (Å²) >= 11 is 0. The number of ether oxygens (including phenoxy) is 2. The Balaban J connectivity index is 1.86. The number of nitrogens with one attached hydrogen (secondary N) is 2. The summed E-state index contributed by atoms with van der Waals surface area (Å²) < 4.78 is 9.72. The summed E-state index contributed by atoms with van der Waals surface area (Å²) in [7, 11) is 1.42. The molecule has 0 aliphatic carbocycles. The highest BCUT2D eigenvalue weighted by molar-refractivity contribution is 6.02. The van der Waals surface area contributed by atoms with Gasteiger partial charge in [-0.25, -0.2) is 9.59 Å². The van der Waals surface area contributed by atoms with Crippen LogP contribution in [0.5, 0.6) is 11.5 Å². The number of hydrogen-bond acceptors (Lipinski definition) is 6. The van der Waals surface area contributed by atoms with E-state index in [1.807, 2.05) is 26.0 Å². The molecular weight excluding hydrogens is 352 g/mol. The number of rotatable bonds is 5. The molecule has 0 aromatic heterocycles. The third kappa shape index (κ3) is 5.46. The predicted molar refractivity (Wildman–Crippen MR) is 98.0 cm³/mol. The van der Waals surface area contributed by atoms with Gasteiger partial charge in [-0.05, 0) is 37.6 Å². The van der Waals surface area contributed by atoms with E-state index in [4.69, 9.17) is 9.47 Å². The first-order valence-corrected chi connectivity index (χ1v) is 8.02. The van der Waals surface area contributed by atoms with Gasteiger partial charge in [0.2, 0.25) is 0 Å². The van der Waals surface area contributed by atoms with Gasteiger partial charge in [0.05, 0.1) is 7.11 Å². The molecule has 0 heterocycles. The Bertz CT molecular complexity index is 878. The number of esters is 1. The molecule has 0 spiro atoms. The molecule has 0 aliphatic heterocycles. The van der Waals surface area contributed by atoms with Gasteiger partial charge in [-0.1, -0.05) is 17.7 Å². The topological polar surface area (TPSA) is 114 Å². The molecule has 142 valence electrons. The summed E-state index contributed by atoms with van der Waals surface area (Å²) in [5.74, 6) is -1.68. The fourth-order valence-corrected chi connectivity index (χ4v) is 2.29. The maximum atomic E-state index is 11.9.